The van der Waals surface area contributed by atoms with Gasteiger partial charge in [0.1, 0.15) is 23.7 Å². The summed E-state index contributed by atoms with van der Waals surface area (Å²) < 4.78 is 58.9. The summed E-state index contributed by atoms with van der Waals surface area (Å²) in [6.45, 7) is 4.35. The van der Waals surface area contributed by atoms with Crippen LogP contribution in [0.1, 0.15) is 115 Å². The molecule has 2 heterocycles. The van der Waals surface area contributed by atoms with Crippen LogP contribution in [0.2, 0.25) is 0 Å². The number of amides is 7. The third kappa shape index (κ3) is 25.0. The summed E-state index contributed by atoms with van der Waals surface area (Å²) in [7, 11) is 3.40. The van der Waals surface area contributed by atoms with E-state index < -0.39 is 53.6 Å². The minimum Gasteiger partial charge on any atom is -0.475 e. The molecule has 2 aliphatic heterocycles. The van der Waals surface area contributed by atoms with Crippen LogP contribution in [-0.2, 0) is 48.3 Å². The molecule has 2 saturated heterocycles. The Morgan fingerprint density at radius 3 is 1.80 bits per heavy atom. The van der Waals surface area contributed by atoms with Crippen molar-refractivity contribution in [2.45, 2.75) is 126 Å². The number of carboxylic acid groups (broad SMARTS) is 1. The molecule has 0 radical (unpaired) electrons. The van der Waals surface area contributed by atoms with Crippen LogP contribution in [0.25, 0.3) is 0 Å². The van der Waals surface area contributed by atoms with Crippen molar-refractivity contribution in [1.29, 1.82) is 0 Å². The molecular formula is C58H71F5N8O9S3. The molecule has 9 N–H and O–H groups in total. The van der Waals surface area contributed by atoms with E-state index in [1.807, 2.05) is 36.0 Å². The van der Waals surface area contributed by atoms with E-state index in [0.717, 1.165) is 98.4 Å². The number of urea groups is 1. The average molecular weight is 1220 g/mol. The molecule has 25 heteroatoms. The van der Waals surface area contributed by atoms with Gasteiger partial charge in [0.15, 0.2) is 5.78 Å². The Morgan fingerprint density at radius 1 is 0.651 bits per heavy atom. The Bertz CT molecular complexity index is 2750. The Kier molecular flexibility index (Phi) is 28.6. The van der Waals surface area contributed by atoms with Gasteiger partial charge >= 0.3 is 18.2 Å². The number of unbranched alkanes of at least 4 members (excludes halogenated alkanes) is 5. The Morgan fingerprint density at radius 2 is 1.20 bits per heavy atom. The fourth-order valence-electron chi connectivity index (χ4n) is 8.81. The van der Waals surface area contributed by atoms with Gasteiger partial charge in [0, 0.05) is 78.7 Å². The van der Waals surface area contributed by atoms with Gasteiger partial charge in [0.2, 0.25) is 29.5 Å². The summed E-state index contributed by atoms with van der Waals surface area (Å²) in [5.74, 6) is -3.54. The normalized spacial score (nSPS) is 15.9. The molecule has 5 atom stereocenters. The van der Waals surface area contributed by atoms with Crippen LogP contribution >= 0.6 is 33.3 Å². The van der Waals surface area contributed by atoms with Crippen molar-refractivity contribution in [1.82, 2.24) is 42.5 Å². The zero-order valence-electron chi connectivity index (χ0n) is 45.9. The van der Waals surface area contributed by atoms with Crippen molar-refractivity contribution in [2.75, 3.05) is 36.9 Å². The first-order valence-electron chi connectivity index (χ1n) is 27.3. The highest BCUT2D eigenvalue weighted by Gasteiger charge is 2.42. The Balaban J connectivity index is 0.00000169. The van der Waals surface area contributed by atoms with Crippen LogP contribution in [0.15, 0.2) is 97.1 Å². The number of hydrogen-bond acceptors (Lipinski definition) is 12. The van der Waals surface area contributed by atoms with Gasteiger partial charge in [0.05, 0.1) is 18.5 Å². The van der Waals surface area contributed by atoms with Crippen molar-refractivity contribution >= 4 is 80.7 Å². The number of fused-ring (bicyclic) bond motifs is 1. The second-order valence-electron chi connectivity index (χ2n) is 19.7. The number of rotatable bonds is 33. The fourth-order valence-corrected chi connectivity index (χ4v) is 12.2. The number of carbonyl (C=O) groups excluding carboxylic acids is 7. The maximum atomic E-state index is 13.6. The predicted octanol–water partition coefficient (Wildman–Crippen LogP) is 7.82. The molecule has 83 heavy (non-hydrogen) atoms. The summed E-state index contributed by atoms with van der Waals surface area (Å²) in [6, 6.07) is 24.0. The maximum absolute atomic E-state index is 13.6. The van der Waals surface area contributed by atoms with Crippen molar-refractivity contribution in [3.63, 3.8) is 0 Å². The smallest absolute Gasteiger partial charge is 0.475 e. The number of carbonyl (C=O) groups is 8. The molecule has 17 nitrogen and oxygen atoms in total. The van der Waals surface area contributed by atoms with E-state index in [1.54, 1.807) is 76.2 Å². The minimum atomic E-state index is -5.08. The average Bonchev–Trinajstić information content (AvgIpc) is 4.28. The number of alkyl halides is 3. The lowest BCUT2D eigenvalue weighted by Crippen LogP contribution is -2.49. The second-order valence-corrected chi connectivity index (χ2v) is 23.7. The number of thioether (sulfide) groups is 1. The number of ketones is 1. The molecule has 2 aliphatic rings. The summed E-state index contributed by atoms with van der Waals surface area (Å²) in [5, 5.41) is 31.0. The second kappa shape index (κ2) is 35.4. The molecule has 0 saturated carbocycles. The molecule has 0 spiro atoms. The number of aliphatic carboxylic acids is 1. The van der Waals surface area contributed by atoms with E-state index in [0.29, 0.717) is 60.5 Å². The van der Waals surface area contributed by atoms with E-state index in [2.05, 4.69) is 42.5 Å². The summed E-state index contributed by atoms with van der Waals surface area (Å²) in [6.07, 6.45) is 3.50. The standard InChI is InChI=1S/C56H70F2N8O7S3.C2HF3O2/c1-37(63-50(69)32-40-30-44(57)33-45(58)31-40)54(71)65-51(41-12-6-5-7-13-41)55(72)62-35-39-19-23-43(24-20-39)53(70)42-21-17-38(18-22-42)34-59-25-11-4-2-3-8-15-48(67)60-26-28-75-76-29-27-61-49(68)16-10-9-14-47-52-46(36-74-47)64-56(73)66-52;3-2(4,5)1(6)7/h5-7,12-13,17-24,30-31,33,37,46-47,51-52,59H,2-4,8-11,14-16,25-29,32,34-36H2,1H3,(H,60,67)(H,61,68)(H,62,72)(H,63,69)(H,65,71)(H2,64,66,73);(H,6,7)/t37-,46-,47-,51-,52-;/m0./s1. The van der Waals surface area contributed by atoms with E-state index in [1.165, 1.54) is 6.92 Å². The van der Waals surface area contributed by atoms with Gasteiger partial charge in [-0.2, -0.15) is 24.9 Å². The van der Waals surface area contributed by atoms with Gasteiger partial charge < -0.3 is 47.6 Å². The molecule has 4 aromatic carbocycles. The Hall–Kier alpha value is -6.70. The van der Waals surface area contributed by atoms with E-state index in [4.69, 9.17) is 9.90 Å². The lowest BCUT2D eigenvalue weighted by molar-refractivity contribution is -0.192. The molecule has 0 unspecified atom stereocenters. The van der Waals surface area contributed by atoms with Gasteiger partial charge in [-0.05, 0) is 73.5 Å². The summed E-state index contributed by atoms with van der Waals surface area (Å²) >= 11 is 1.90. The zero-order valence-corrected chi connectivity index (χ0v) is 48.3. The van der Waals surface area contributed by atoms with Crippen molar-refractivity contribution in [2.24, 2.45) is 0 Å². The zero-order chi connectivity index (χ0) is 60.2. The minimum absolute atomic E-state index is 0.0669. The lowest BCUT2D eigenvalue weighted by atomic mass is 10.0. The highest BCUT2D eigenvalue weighted by atomic mass is 33.1. The fraction of sp³-hybridized carbons (Fsp3) is 0.448. The third-order valence-corrected chi connectivity index (χ3v) is 17.1. The van der Waals surface area contributed by atoms with Crippen LogP contribution in [0.4, 0.5) is 26.7 Å². The van der Waals surface area contributed by atoms with Crippen molar-refractivity contribution in [3.05, 3.63) is 142 Å². The van der Waals surface area contributed by atoms with E-state index >= 15 is 0 Å². The van der Waals surface area contributed by atoms with Crippen LogP contribution in [0.3, 0.4) is 0 Å². The van der Waals surface area contributed by atoms with Crippen LogP contribution in [0, 0.1) is 11.6 Å². The number of benzene rings is 4. The molecule has 2 fully saturated rings. The molecular weight excluding hydrogens is 1140 g/mol. The van der Waals surface area contributed by atoms with Gasteiger partial charge in [-0.25, -0.2) is 18.4 Å². The highest BCUT2D eigenvalue weighted by Crippen LogP contribution is 2.33. The van der Waals surface area contributed by atoms with Gasteiger partial charge in [-0.15, -0.1) is 0 Å². The molecule has 450 valence electrons. The first-order valence-corrected chi connectivity index (χ1v) is 30.9. The quantitative estimate of drug-likeness (QED) is 0.00726. The molecule has 0 aromatic heterocycles. The van der Waals surface area contributed by atoms with Crippen LogP contribution in [0.5, 0.6) is 0 Å². The van der Waals surface area contributed by atoms with Crippen molar-refractivity contribution in [3.8, 4) is 0 Å². The van der Waals surface area contributed by atoms with Gasteiger partial charge in [-0.1, -0.05) is 126 Å². The summed E-state index contributed by atoms with van der Waals surface area (Å²) in [4.78, 5) is 97.5. The highest BCUT2D eigenvalue weighted by molar-refractivity contribution is 8.76. The number of hydrogen-bond donors (Lipinski definition) is 9. The van der Waals surface area contributed by atoms with E-state index in [-0.39, 0.29) is 54.2 Å². The maximum Gasteiger partial charge on any atom is 0.490 e. The Labute approximate surface area is 491 Å². The van der Waals surface area contributed by atoms with Crippen LogP contribution in [-0.4, -0.2) is 119 Å². The lowest BCUT2D eigenvalue weighted by Gasteiger charge is -2.22. The monoisotopic (exact) mass is 1210 g/mol. The molecule has 7 amide bonds. The third-order valence-electron chi connectivity index (χ3n) is 13.1. The topological polar surface area (TPSA) is 253 Å². The first-order chi connectivity index (χ1) is 39.7. The molecule has 0 bridgehead atoms. The largest absolute Gasteiger partial charge is 0.490 e. The number of halogens is 5. The predicted molar refractivity (Wildman–Crippen MR) is 311 cm³/mol. The summed E-state index contributed by atoms with van der Waals surface area (Å²) in [5.41, 5.74) is 3.46. The van der Waals surface area contributed by atoms with Gasteiger partial charge in [-0.3, -0.25) is 28.8 Å². The van der Waals surface area contributed by atoms with Gasteiger partial charge in [0.25, 0.3) is 0 Å². The number of carboxylic acids is 1. The first kappa shape index (κ1) is 67.1. The van der Waals surface area contributed by atoms with Crippen molar-refractivity contribution < 1.29 is 65.4 Å². The SMILES string of the molecule is C[C@H](NC(=O)Cc1cc(F)cc(F)c1)C(=O)N[C@H](C(=O)NCc1ccc(C(=O)c2ccc(CNCCCCCCCC(=O)NCCSSCCNC(=O)CCCC[C@@H]3SC[C@@H]4NC(=O)N[C@@H]43)cc2)cc1)c1ccccc1.O=C(O)C(F)(F)F. The molecule has 0 aliphatic carbocycles. The van der Waals surface area contributed by atoms with Crippen LogP contribution < -0.4 is 42.5 Å². The number of nitrogens with one attached hydrogen (secondary N) is 8. The molecule has 4 aromatic rings. The van der Waals surface area contributed by atoms with E-state index in [9.17, 15) is 55.5 Å². The molecule has 6 rings (SSSR count).